The Bertz CT molecular complexity index is 639. The van der Waals surface area contributed by atoms with Gasteiger partial charge < -0.3 is 10.4 Å². The molecule has 0 radical (unpaired) electrons. The third kappa shape index (κ3) is 3.91. The average Bonchev–Trinajstić information content (AvgIpc) is 3.02. The van der Waals surface area contributed by atoms with Crippen molar-refractivity contribution >= 4 is 11.9 Å². The van der Waals surface area contributed by atoms with Crippen molar-refractivity contribution in [1.29, 1.82) is 0 Å². The Morgan fingerprint density at radius 1 is 1.32 bits per heavy atom. The van der Waals surface area contributed by atoms with Gasteiger partial charge in [-0.2, -0.15) is 0 Å². The summed E-state index contributed by atoms with van der Waals surface area (Å²) in [5.41, 5.74) is 0.773. The summed E-state index contributed by atoms with van der Waals surface area (Å²) in [6.45, 7) is 1.96. The van der Waals surface area contributed by atoms with Crippen LogP contribution in [0.2, 0.25) is 0 Å². The number of para-hydroxylation sites is 1. The molecule has 1 heterocycles. The summed E-state index contributed by atoms with van der Waals surface area (Å²) in [7, 11) is 0. The van der Waals surface area contributed by atoms with Crippen molar-refractivity contribution in [3.63, 3.8) is 0 Å². The summed E-state index contributed by atoms with van der Waals surface area (Å²) < 4.78 is 1.47. The molecule has 0 bridgehead atoms. The Kier molecular flexibility index (Phi) is 5.24. The van der Waals surface area contributed by atoms with E-state index in [0.717, 1.165) is 18.5 Å². The molecule has 0 aliphatic rings. The minimum Gasteiger partial charge on any atom is -0.480 e. The molecule has 0 unspecified atom stereocenters. The summed E-state index contributed by atoms with van der Waals surface area (Å²) in [6, 6.07) is 8.31. The Morgan fingerprint density at radius 3 is 2.68 bits per heavy atom. The molecule has 7 nitrogen and oxygen atoms in total. The largest absolute Gasteiger partial charge is 0.480 e. The third-order valence-electron chi connectivity index (χ3n) is 3.17. The summed E-state index contributed by atoms with van der Waals surface area (Å²) in [5.74, 6) is -1.69. The van der Waals surface area contributed by atoms with Gasteiger partial charge in [0.25, 0.3) is 5.91 Å². The Labute approximate surface area is 128 Å². The predicted octanol–water partition coefficient (Wildman–Crippen LogP) is 1.64. The van der Waals surface area contributed by atoms with Gasteiger partial charge in [-0.15, -0.1) is 5.10 Å². The summed E-state index contributed by atoms with van der Waals surface area (Å²) in [4.78, 5) is 27.1. The number of carbonyl (C=O) groups is 2. The van der Waals surface area contributed by atoms with Gasteiger partial charge in [0, 0.05) is 0 Å². The molecule has 2 aromatic rings. The minimum atomic E-state index is -1.05. The van der Waals surface area contributed by atoms with Crippen LogP contribution in [0, 0.1) is 0 Å². The number of carbonyl (C=O) groups excluding carboxylic acids is 1. The van der Waals surface area contributed by atoms with Crippen LogP contribution in [0.3, 0.4) is 0 Å². The van der Waals surface area contributed by atoms with Crippen molar-refractivity contribution in [3.8, 4) is 5.69 Å². The van der Waals surface area contributed by atoms with Crippen LogP contribution in [0.25, 0.3) is 5.69 Å². The van der Waals surface area contributed by atoms with Crippen LogP contribution in [0.1, 0.15) is 36.8 Å². The van der Waals surface area contributed by atoms with Gasteiger partial charge in [0.05, 0.1) is 5.69 Å². The summed E-state index contributed by atoms with van der Waals surface area (Å²) in [6.07, 6.45) is 3.40. The lowest BCUT2D eigenvalue weighted by atomic mass is 10.1. The molecule has 1 amide bonds. The van der Waals surface area contributed by atoms with Crippen LogP contribution in [-0.2, 0) is 4.79 Å². The van der Waals surface area contributed by atoms with Crippen LogP contribution in [0.15, 0.2) is 36.7 Å². The van der Waals surface area contributed by atoms with E-state index < -0.39 is 17.9 Å². The van der Waals surface area contributed by atoms with Gasteiger partial charge in [-0.3, -0.25) is 4.79 Å². The zero-order valence-corrected chi connectivity index (χ0v) is 12.3. The molecule has 7 heteroatoms. The Balaban J connectivity index is 2.06. The highest BCUT2D eigenvalue weighted by Crippen LogP contribution is 2.06. The number of amides is 1. The number of unbranched alkanes of at least 4 members (excludes halogenated alkanes) is 1. The average molecular weight is 302 g/mol. The van der Waals surface area contributed by atoms with Crippen molar-refractivity contribution in [2.75, 3.05) is 0 Å². The monoisotopic (exact) mass is 302 g/mol. The van der Waals surface area contributed by atoms with E-state index in [4.69, 9.17) is 5.11 Å². The quantitative estimate of drug-likeness (QED) is 0.810. The van der Waals surface area contributed by atoms with E-state index >= 15 is 0 Å². The molecule has 0 spiro atoms. The normalized spacial score (nSPS) is 11.9. The fourth-order valence-electron chi connectivity index (χ4n) is 1.96. The third-order valence-corrected chi connectivity index (χ3v) is 3.17. The first-order valence-electron chi connectivity index (χ1n) is 7.12. The van der Waals surface area contributed by atoms with E-state index in [2.05, 4.69) is 15.4 Å². The molecule has 0 aliphatic heterocycles. The van der Waals surface area contributed by atoms with Crippen molar-refractivity contribution in [3.05, 3.63) is 42.5 Å². The number of rotatable bonds is 7. The molecule has 22 heavy (non-hydrogen) atoms. The zero-order chi connectivity index (χ0) is 15.9. The first kappa shape index (κ1) is 15.7. The molecule has 1 aromatic carbocycles. The maximum atomic E-state index is 12.1. The van der Waals surface area contributed by atoms with Gasteiger partial charge in [0.2, 0.25) is 5.82 Å². The van der Waals surface area contributed by atoms with Gasteiger partial charge in [-0.1, -0.05) is 38.0 Å². The second-order valence-electron chi connectivity index (χ2n) is 4.85. The molecule has 116 valence electrons. The molecule has 2 rings (SSSR count). The van der Waals surface area contributed by atoms with Crippen LogP contribution in [-0.4, -0.2) is 37.8 Å². The number of aliphatic carboxylic acids is 1. The predicted molar refractivity (Wildman–Crippen MR) is 79.8 cm³/mol. The van der Waals surface area contributed by atoms with Gasteiger partial charge in [-0.05, 0) is 18.6 Å². The Morgan fingerprint density at radius 2 is 2.05 bits per heavy atom. The first-order chi connectivity index (χ1) is 10.6. The number of hydrogen-bond donors (Lipinski definition) is 2. The van der Waals surface area contributed by atoms with E-state index in [1.165, 1.54) is 11.0 Å². The van der Waals surface area contributed by atoms with E-state index in [0.29, 0.717) is 6.42 Å². The first-order valence-corrected chi connectivity index (χ1v) is 7.12. The molecular weight excluding hydrogens is 284 g/mol. The van der Waals surface area contributed by atoms with Crippen molar-refractivity contribution in [2.45, 2.75) is 32.2 Å². The SMILES string of the molecule is CCCC[C@H](NC(=O)c1ncn(-c2ccccc2)n1)C(=O)O. The Hall–Kier alpha value is -2.70. The molecular formula is C15H18N4O3. The fraction of sp³-hybridized carbons (Fsp3) is 0.333. The second-order valence-corrected chi connectivity index (χ2v) is 4.85. The second kappa shape index (κ2) is 7.35. The minimum absolute atomic E-state index is 0.0494. The van der Waals surface area contributed by atoms with E-state index in [-0.39, 0.29) is 5.82 Å². The number of hydrogen-bond acceptors (Lipinski definition) is 4. The van der Waals surface area contributed by atoms with Crippen molar-refractivity contribution in [1.82, 2.24) is 20.1 Å². The van der Waals surface area contributed by atoms with Crippen LogP contribution in [0.5, 0.6) is 0 Å². The lowest BCUT2D eigenvalue weighted by molar-refractivity contribution is -0.139. The molecule has 0 saturated carbocycles. The van der Waals surface area contributed by atoms with Gasteiger partial charge in [0.15, 0.2) is 0 Å². The maximum Gasteiger partial charge on any atom is 0.326 e. The highest BCUT2D eigenvalue weighted by atomic mass is 16.4. The van der Waals surface area contributed by atoms with Crippen LogP contribution >= 0.6 is 0 Å². The molecule has 1 atom stereocenters. The van der Waals surface area contributed by atoms with Gasteiger partial charge in [-0.25, -0.2) is 14.5 Å². The van der Waals surface area contributed by atoms with Crippen molar-refractivity contribution < 1.29 is 14.7 Å². The van der Waals surface area contributed by atoms with Crippen molar-refractivity contribution in [2.24, 2.45) is 0 Å². The lowest BCUT2D eigenvalue weighted by Gasteiger charge is -2.12. The highest BCUT2D eigenvalue weighted by molar-refractivity contribution is 5.93. The number of nitrogens with zero attached hydrogens (tertiary/aromatic N) is 3. The lowest BCUT2D eigenvalue weighted by Crippen LogP contribution is -2.41. The van der Waals surface area contributed by atoms with Gasteiger partial charge in [0.1, 0.15) is 12.4 Å². The molecule has 0 saturated heterocycles. The maximum absolute atomic E-state index is 12.1. The fourth-order valence-corrected chi connectivity index (χ4v) is 1.96. The summed E-state index contributed by atoms with van der Waals surface area (Å²) in [5, 5.41) is 15.6. The number of nitrogens with one attached hydrogen (secondary N) is 1. The molecule has 0 fully saturated rings. The number of aromatic nitrogens is 3. The van der Waals surface area contributed by atoms with E-state index in [9.17, 15) is 9.59 Å². The molecule has 1 aromatic heterocycles. The number of carboxylic acids is 1. The smallest absolute Gasteiger partial charge is 0.326 e. The van der Waals surface area contributed by atoms with E-state index in [1.807, 2.05) is 37.3 Å². The molecule has 0 aliphatic carbocycles. The van der Waals surface area contributed by atoms with Crippen LogP contribution in [0.4, 0.5) is 0 Å². The summed E-state index contributed by atoms with van der Waals surface area (Å²) >= 11 is 0. The number of carboxylic acid groups (broad SMARTS) is 1. The molecule has 2 N–H and O–H groups in total. The zero-order valence-electron chi connectivity index (χ0n) is 12.3. The number of benzene rings is 1. The van der Waals surface area contributed by atoms with E-state index in [1.54, 1.807) is 0 Å². The standard InChI is InChI=1S/C15H18N4O3/c1-2-3-9-12(15(21)22)17-14(20)13-16-10-19(18-13)11-7-5-4-6-8-11/h4-8,10,12H,2-3,9H2,1H3,(H,17,20)(H,21,22)/t12-/m0/s1. The topological polar surface area (TPSA) is 97.1 Å². The van der Waals surface area contributed by atoms with Crippen LogP contribution < -0.4 is 5.32 Å². The highest BCUT2D eigenvalue weighted by Gasteiger charge is 2.22. The van der Waals surface area contributed by atoms with Gasteiger partial charge >= 0.3 is 5.97 Å².